The van der Waals surface area contributed by atoms with Crippen LogP contribution in [0.3, 0.4) is 0 Å². The predicted molar refractivity (Wildman–Crippen MR) is 96.2 cm³/mol. The first-order chi connectivity index (χ1) is 12.7. The molecule has 1 aliphatic heterocycles. The van der Waals surface area contributed by atoms with Gasteiger partial charge in [0.15, 0.2) is 0 Å². The van der Waals surface area contributed by atoms with E-state index < -0.39 is 0 Å². The quantitative estimate of drug-likeness (QED) is 0.759. The molecule has 1 aromatic carbocycles. The molecule has 0 unspecified atom stereocenters. The summed E-state index contributed by atoms with van der Waals surface area (Å²) in [6.07, 6.45) is 4.07. The maximum Gasteiger partial charge on any atom is 0.253 e. The lowest BCUT2D eigenvalue weighted by Gasteiger charge is -2.17. The van der Waals surface area contributed by atoms with Crippen LogP contribution in [0.5, 0.6) is 0 Å². The van der Waals surface area contributed by atoms with Crippen molar-refractivity contribution in [3.05, 3.63) is 65.9 Å². The highest BCUT2D eigenvalue weighted by Crippen LogP contribution is 2.40. The minimum Gasteiger partial charge on any atom is -0.395 e. The fourth-order valence-electron chi connectivity index (χ4n) is 3.61. The molecule has 3 aromatic rings. The first kappa shape index (κ1) is 16.5. The van der Waals surface area contributed by atoms with Crippen molar-refractivity contribution in [2.24, 2.45) is 0 Å². The van der Waals surface area contributed by atoms with Crippen molar-refractivity contribution < 1.29 is 14.3 Å². The number of carbonyl (C=O) groups excluding carboxylic acids is 1. The van der Waals surface area contributed by atoms with Gasteiger partial charge in [-0.15, -0.1) is 0 Å². The lowest BCUT2D eigenvalue weighted by molar-refractivity contribution is 0.0945. The van der Waals surface area contributed by atoms with Gasteiger partial charge in [-0.1, -0.05) is 12.1 Å². The number of fused-ring (bicyclic) bond motifs is 1. The lowest BCUT2D eigenvalue weighted by atomic mass is 9.95. The molecule has 3 heterocycles. The Kier molecular flexibility index (Phi) is 4.26. The van der Waals surface area contributed by atoms with E-state index in [1.54, 1.807) is 24.5 Å². The molecule has 1 aliphatic rings. The number of benzene rings is 1. The number of pyridine rings is 1. The molecular formula is C20H18FN3O2. The number of hydrogen-bond donors (Lipinski definition) is 2. The average molecular weight is 351 g/mol. The minimum atomic E-state index is -0.327. The van der Waals surface area contributed by atoms with Crippen LogP contribution in [-0.2, 0) is 13.0 Å². The number of halogens is 1. The van der Waals surface area contributed by atoms with Gasteiger partial charge in [0.1, 0.15) is 5.82 Å². The van der Waals surface area contributed by atoms with Gasteiger partial charge in [0, 0.05) is 48.7 Å². The predicted octanol–water partition coefficient (Wildman–Crippen LogP) is 2.63. The van der Waals surface area contributed by atoms with Crippen molar-refractivity contribution in [2.45, 2.75) is 13.0 Å². The van der Waals surface area contributed by atoms with Gasteiger partial charge in [-0.05, 0) is 29.8 Å². The third-order valence-corrected chi connectivity index (χ3v) is 4.66. The molecular weight excluding hydrogens is 333 g/mol. The number of carbonyl (C=O) groups is 1. The van der Waals surface area contributed by atoms with Crippen LogP contribution < -0.4 is 5.32 Å². The maximum absolute atomic E-state index is 13.4. The van der Waals surface area contributed by atoms with Gasteiger partial charge in [-0.25, -0.2) is 4.39 Å². The highest BCUT2D eigenvalue weighted by atomic mass is 19.1. The Balaban J connectivity index is 2.07. The summed E-state index contributed by atoms with van der Waals surface area (Å²) < 4.78 is 15.4. The van der Waals surface area contributed by atoms with E-state index in [0.29, 0.717) is 25.1 Å². The van der Waals surface area contributed by atoms with E-state index in [1.165, 1.54) is 12.1 Å². The van der Waals surface area contributed by atoms with Gasteiger partial charge < -0.3 is 15.0 Å². The van der Waals surface area contributed by atoms with Gasteiger partial charge in [-0.2, -0.15) is 0 Å². The third-order valence-electron chi connectivity index (χ3n) is 4.66. The van der Waals surface area contributed by atoms with Crippen molar-refractivity contribution in [3.63, 3.8) is 0 Å². The molecule has 0 fully saturated rings. The topological polar surface area (TPSA) is 67.2 Å². The van der Waals surface area contributed by atoms with E-state index in [4.69, 9.17) is 0 Å². The van der Waals surface area contributed by atoms with E-state index in [1.807, 2.05) is 16.7 Å². The highest BCUT2D eigenvalue weighted by molar-refractivity contribution is 6.07. The van der Waals surface area contributed by atoms with E-state index in [-0.39, 0.29) is 18.3 Å². The van der Waals surface area contributed by atoms with Crippen LogP contribution in [0.1, 0.15) is 16.1 Å². The zero-order valence-electron chi connectivity index (χ0n) is 14.1. The fraction of sp³-hybridized carbons (Fsp3) is 0.200. The summed E-state index contributed by atoms with van der Waals surface area (Å²) in [4.78, 5) is 16.7. The summed E-state index contributed by atoms with van der Waals surface area (Å²) in [5.74, 6) is -0.468. The molecule has 26 heavy (non-hydrogen) atoms. The zero-order chi connectivity index (χ0) is 18.1. The molecule has 4 rings (SSSR count). The molecule has 5 nitrogen and oxygen atoms in total. The van der Waals surface area contributed by atoms with Crippen molar-refractivity contribution in [1.82, 2.24) is 14.9 Å². The molecule has 1 amide bonds. The number of hydrogen-bond acceptors (Lipinski definition) is 3. The molecule has 0 atom stereocenters. The fourth-order valence-corrected chi connectivity index (χ4v) is 3.61. The Bertz CT molecular complexity index is 949. The first-order valence-corrected chi connectivity index (χ1v) is 8.51. The van der Waals surface area contributed by atoms with E-state index in [2.05, 4.69) is 10.3 Å². The summed E-state index contributed by atoms with van der Waals surface area (Å²) in [6, 6.07) is 9.89. The average Bonchev–Trinajstić information content (AvgIpc) is 2.99. The normalized spacial score (nSPS) is 13.4. The molecule has 2 aromatic heterocycles. The summed E-state index contributed by atoms with van der Waals surface area (Å²) in [6.45, 7) is 0.901. The Morgan fingerprint density at radius 1 is 1.08 bits per heavy atom. The van der Waals surface area contributed by atoms with E-state index in [9.17, 15) is 14.3 Å². The third kappa shape index (κ3) is 2.68. The molecule has 0 aliphatic carbocycles. The standard InChI is InChI=1S/C20H18FN3O2/c21-15-3-1-13(2-4-15)17-18-16(7-10-23-20(18)26)24(11-12-25)19(17)14-5-8-22-9-6-14/h1-6,8-9,25H,7,10-12H2,(H,23,26). The first-order valence-electron chi connectivity index (χ1n) is 8.51. The van der Waals surface area contributed by atoms with Gasteiger partial charge >= 0.3 is 0 Å². The lowest BCUT2D eigenvalue weighted by Crippen LogP contribution is -2.32. The number of rotatable bonds is 4. The van der Waals surface area contributed by atoms with Crippen LogP contribution >= 0.6 is 0 Å². The molecule has 0 saturated heterocycles. The van der Waals surface area contributed by atoms with Gasteiger partial charge in [0.25, 0.3) is 5.91 Å². The van der Waals surface area contributed by atoms with Crippen molar-refractivity contribution >= 4 is 5.91 Å². The molecule has 6 heteroatoms. The molecule has 132 valence electrons. The Morgan fingerprint density at radius 2 is 1.81 bits per heavy atom. The summed E-state index contributed by atoms with van der Waals surface area (Å²) in [7, 11) is 0. The monoisotopic (exact) mass is 351 g/mol. The maximum atomic E-state index is 13.4. The van der Waals surface area contributed by atoms with Crippen LogP contribution in [0.25, 0.3) is 22.4 Å². The van der Waals surface area contributed by atoms with Gasteiger partial charge in [0.2, 0.25) is 0 Å². The van der Waals surface area contributed by atoms with Gasteiger partial charge in [-0.3, -0.25) is 9.78 Å². The second-order valence-electron chi connectivity index (χ2n) is 6.17. The number of amides is 1. The van der Waals surface area contributed by atoms with Crippen LogP contribution in [0.4, 0.5) is 4.39 Å². The number of aliphatic hydroxyl groups excluding tert-OH is 1. The second kappa shape index (κ2) is 6.72. The summed E-state index contributed by atoms with van der Waals surface area (Å²) in [5.41, 5.74) is 4.77. The molecule has 0 spiro atoms. The van der Waals surface area contributed by atoms with Crippen LogP contribution in [0.15, 0.2) is 48.8 Å². The van der Waals surface area contributed by atoms with Crippen molar-refractivity contribution in [2.75, 3.05) is 13.2 Å². The number of nitrogens with zero attached hydrogens (tertiary/aromatic N) is 2. The zero-order valence-corrected chi connectivity index (χ0v) is 14.1. The Morgan fingerprint density at radius 3 is 2.50 bits per heavy atom. The van der Waals surface area contributed by atoms with Crippen molar-refractivity contribution in [3.8, 4) is 22.4 Å². The summed E-state index contributed by atoms with van der Waals surface area (Å²) >= 11 is 0. The minimum absolute atomic E-state index is 0.0380. The number of aliphatic hydroxyl groups is 1. The smallest absolute Gasteiger partial charge is 0.253 e. The molecule has 2 N–H and O–H groups in total. The van der Waals surface area contributed by atoms with Gasteiger partial charge in [0.05, 0.1) is 17.9 Å². The number of aromatic nitrogens is 2. The van der Waals surface area contributed by atoms with Crippen LogP contribution in [0.2, 0.25) is 0 Å². The van der Waals surface area contributed by atoms with Crippen LogP contribution in [0, 0.1) is 5.82 Å². The second-order valence-corrected chi connectivity index (χ2v) is 6.17. The van der Waals surface area contributed by atoms with E-state index >= 15 is 0 Å². The summed E-state index contributed by atoms with van der Waals surface area (Å²) in [5, 5.41) is 12.5. The molecule has 0 saturated carbocycles. The largest absolute Gasteiger partial charge is 0.395 e. The number of nitrogens with one attached hydrogen (secondary N) is 1. The van der Waals surface area contributed by atoms with E-state index in [0.717, 1.165) is 28.1 Å². The van der Waals surface area contributed by atoms with Crippen molar-refractivity contribution in [1.29, 1.82) is 0 Å². The Labute approximate surface area is 150 Å². The molecule has 0 bridgehead atoms. The molecule has 0 radical (unpaired) electrons. The van der Waals surface area contributed by atoms with Crippen LogP contribution in [-0.4, -0.2) is 33.7 Å². The SMILES string of the molecule is O=C1NCCc2c1c(-c1ccc(F)cc1)c(-c1ccncc1)n2CCO. The Hall–Kier alpha value is -2.99. The highest BCUT2D eigenvalue weighted by Gasteiger charge is 2.30.